The van der Waals surface area contributed by atoms with E-state index in [4.69, 9.17) is 4.74 Å². The van der Waals surface area contributed by atoms with Crippen LogP contribution >= 0.6 is 0 Å². The van der Waals surface area contributed by atoms with Gasteiger partial charge in [-0.1, -0.05) is 24.3 Å². The number of benzene rings is 1. The molecule has 0 radical (unpaired) electrons. The van der Waals surface area contributed by atoms with Crippen LogP contribution in [0.2, 0.25) is 0 Å². The quantitative estimate of drug-likeness (QED) is 0.831. The van der Waals surface area contributed by atoms with E-state index in [2.05, 4.69) is 26.6 Å². The molecule has 1 fully saturated rings. The van der Waals surface area contributed by atoms with Crippen molar-refractivity contribution in [3.05, 3.63) is 59.9 Å². The van der Waals surface area contributed by atoms with Crippen LogP contribution < -0.4 is 15.4 Å². The molecule has 1 aromatic heterocycles. The van der Waals surface area contributed by atoms with E-state index in [1.54, 1.807) is 13.3 Å². The number of rotatable bonds is 6. The maximum atomic E-state index is 12.4. The standard InChI is InChI=1S/C19H24N4O2/c1-25-18-7-3-2-5-16(18)12-22-19(24)14-23-10-9-21-13-17(23)15-6-4-8-20-11-15/h2-8,11,17,21H,9-10,12-14H2,1H3,(H,22,24). The van der Waals surface area contributed by atoms with Crippen molar-refractivity contribution >= 4 is 5.91 Å². The zero-order valence-electron chi connectivity index (χ0n) is 14.4. The number of nitrogens with zero attached hydrogens (tertiary/aromatic N) is 2. The summed E-state index contributed by atoms with van der Waals surface area (Å²) >= 11 is 0. The number of ether oxygens (including phenoxy) is 1. The summed E-state index contributed by atoms with van der Waals surface area (Å²) in [5, 5.41) is 6.39. The van der Waals surface area contributed by atoms with Crippen molar-refractivity contribution in [2.24, 2.45) is 0 Å². The minimum Gasteiger partial charge on any atom is -0.496 e. The lowest BCUT2D eigenvalue weighted by atomic mass is 10.1. The lowest BCUT2D eigenvalue weighted by molar-refractivity contribution is -0.123. The fourth-order valence-electron chi connectivity index (χ4n) is 3.12. The topological polar surface area (TPSA) is 66.5 Å². The molecule has 0 bridgehead atoms. The van der Waals surface area contributed by atoms with Gasteiger partial charge < -0.3 is 15.4 Å². The van der Waals surface area contributed by atoms with Gasteiger partial charge in [0.15, 0.2) is 0 Å². The second kappa shape index (κ2) is 8.60. The van der Waals surface area contributed by atoms with Crippen molar-refractivity contribution in [3.63, 3.8) is 0 Å². The monoisotopic (exact) mass is 340 g/mol. The third kappa shape index (κ3) is 4.55. The Bertz CT molecular complexity index is 693. The lowest BCUT2D eigenvalue weighted by Gasteiger charge is -2.35. The van der Waals surface area contributed by atoms with Crippen LogP contribution in [0, 0.1) is 0 Å². The van der Waals surface area contributed by atoms with Gasteiger partial charge in [0, 0.05) is 50.2 Å². The van der Waals surface area contributed by atoms with Crippen LogP contribution in [-0.2, 0) is 11.3 Å². The van der Waals surface area contributed by atoms with Crippen molar-refractivity contribution in [2.75, 3.05) is 33.3 Å². The summed E-state index contributed by atoms with van der Waals surface area (Å²) in [6.45, 7) is 3.38. The number of amides is 1. The molecular formula is C19H24N4O2. The first-order chi connectivity index (χ1) is 12.3. The Balaban J connectivity index is 1.59. The molecule has 2 aromatic rings. The van der Waals surface area contributed by atoms with Gasteiger partial charge in [0.05, 0.1) is 13.7 Å². The van der Waals surface area contributed by atoms with E-state index in [-0.39, 0.29) is 11.9 Å². The smallest absolute Gasteiger partial charge is 0.234 e. The molecule has 1 aliphatic rings. The van der Waals surface area contributed by atoms with E-state index in [1.165, 1.54) is 0 Å². The van der Waals surface area contributed by atoms with Crippen molar-refractivity contribution in [3.8, 4) is 5.75 Å². The first-order valence-corrected chi connectivity index (χ1v) is 8.51. The van der Waals surface area contributed by atoms with Crippen LogP contribution in [0.1, 0.15) is 17.2 Å². The summed E-state index contributed by atoms with van der Waals surface area (Å²) < 4.78 is 5.33. The predicted molar refractivity (Wildman–Crippen MR) is 96.3 cm³/mol. The number of hydrogen-bond donors (Lipinski definition) is 2. The first kappa shape index (κ1) is 17.4. The van der Waals surface area contributed by atoms with E-state index in [0.29, 0.717) is 13.1 Å². The number of hydrogen-bond acceptors (Lipinski definition) is 5. The normalized spacial score (nSPS) is 17.9. The van der Waals surface area contributed by atoms with Crippen molar-refractivity contribution in [2.45, 2.75) is 12.6 Å². The van der Waals surface area contributed by atoms with Crippen LogP contribution in [0.25, 0.3) is 0 Å². The minimum atomic E-state index is 0.0155. The Morgan fingerprint density at radius 3 is 3.04 bits per heavy atom. The van der Waals surface area contributed by atoms with Crippen molar-refractivity contribution < 1.29 is 9.53 Å². The van der Waals surface area contributed by atoms with Gasteiger partial charge in [0.1, 0.15) is 5.75 Å². The maximum Gasteiger partial charge on any atom is 0.234 e. The second-order valence-corrected chi connectivity index (χ2v) is 6.07. The van der Waals surface area contributed by atoms with Gasteiger partial charge in [0.2, 0.25) is 5.91 Å². The van der Waals surface area contributed by atoms with Gasteiger partial charge in [-0.05, 0) is 17.7 Å². The molecule has 2 heterocycles. The second-order valence-electron chi connectivity index (χ2n) is 6.07. The van der Waals surface area contributed by atoms with Crippen LogP contribution in [0.5, 0.6) is 5.75 Å². The number of aromatic nitrogens is 1. The van der Waals surface area contributed by atoms with Crippen molar-refractivity contribution in [1.29, 1.82) is 0 Å². The summed E-state index contributed by atoms with van der Waals surface area (Å²) in [5.41, 5.74) is 2.11. The van der Waals surface area contributed by atoms with Gasteiger partial charge in [0.25, 0.3) is 0 Å². The van der Waals surface area contributed by atoms with E-state index in [1.807, 2.05) is 36.5 Å². The fourth-order valence-corrected chi connectivity index (χ4v) is 3.12. The molecule has 0 saturated carbocycles. The SMILES string of the molecule is COc1ccccc1CNC(=O)CN1CCNCC1c1cccnc1. The summed E-state index contributed by atoms with van der Waals surface area (Å²) in [7, 11) is 1.64. The molecule has 6 nitrogen and oxygen atoms in total. The highest BCUT2D eigenvalue weighted by Gasteiger charge is 2.25. The lowest BCUT2D eigenvalue weighted by Crippen LogP contribution is -2.49. The molecule has 1 unspecified atom stereocenters. The van der Waals surface area contributed by atoms with Gasteiger partial charge in [-0.25, -0.2) is 0 Å². The molecule has 1 aliphatic heterocycles. The van der Waals surface area contributed by atoms with E-state index in [0.717, 1.165) is 36.5 Å². The molecule has 6 heteroatoms. The van der Waals surface area contributed by atoms with Crippen LogP contribution in [0.3, 0.4) is 0 Å². The van der Waals surface area contributed by atoms with E-state index in [9.17, 15) is 4.79 Å². The summed E-state index contributed by atoms with van der Waals surface area (Å²) in [6.07, 6.45) is 3.64. The number of piperazine rings is 1. The number of carbonyl (C=O) groups is 1. The van der Waals surface area contributed by atoms with Gasteiger partial charge in [-0.15, -0.1) is 0 Å². The Morgan fingerprint density at radius 1 is 1.36 bits per heavy atom. The van der Waals surface area contributed by atoms with Crippen LogP contribution in [0.15, 0.2) is 48.8 Å². The van der Waals surface area contributed by atoms with Gasteiger partial charge in [-0.2, -0.15) is 0 Å². The van der Waals surface area contributed by atoms with Gasteiger partial charge in [-0.3, -0.25) is 14.7 Å². The third-order valence-corrected chi connectivity index (χ3v) is 4.44. The van der Waals surface area contributed by atoms with E-state index < -0.39 is 0 Å². The average Bonchev–Trinajstić information content (AvgIpc) is 2.67. The summed E-state index contributed by atoms with van der Waals surface area (Å²) in [4.78, 5) is 18.8. The van der Waals surface area contributed by atoms with Gasteiger partial charge >= 0.3 is 0 Å². The molecule has 1 atom stereocenters. The largest absolute Gasteiger partial charge is 0.496 e. The molecular weight excluding hydrogens is 316 g/mol. The third-order valence-electron chi connectivity index (χ3n) is 4.44. The van der Waals surface area contributed by atoms with Crippen molar-refractivity contribution in [1.82, 2.24) is 20.5 Å². The zero-order chi connectivity index (χ0) is 17.5. The molecule has 3 rings (SSSR count). The highest BCUT2D eigenvalue weighted by atomic mass is 16.5. The van der Waals surface area contributed by atoms with Crippen LogP contribution in [0.4, 0.5) is 0 Å². The Labute approximate surface area is 148 Å². The highest BCUT2D eigenvalue weighted by molar-refractivity contribution is 5.78. The maximum absolute atomic E-state index is 12.4. The Morgan fingerprint density at radius 2 is 2.24 bits per heavy atom. The number of methoxy groups -OCH3 is 1. The highest BCUT2D eigenvalue weighted by Crippen LogP contribution is 2.21. The zero-order valence-corrected chi connectivity index (χ0v) is 14.4. The molecule has 1 aromatic carbocycles. The Hall–Kier alpha value is -2.44. The molecule has 1 saturated heterocycles. The van der Waals surface area contributed by atoms with Crippen LogP contribution in [-0.4, -0.2) is 49.1 Å². The predicted octanol–water partition coefficient (Wildman–Crippen LogP) is 1.35. The Kier molecular flexibility index (Phi) is 5.98. The molecule has 0 aliphatic carbocycles. The number of pyridine rings is 1. The number of para-hydroxylation sites is 1. The summed E-state index contributed by atoms with van der Waals surface area (Å²) in [6, 6.07) is 11.9. The average molecular weight is 340 g/mol. The summed E-state index contributed by atoms with van der Waals surface area (Å²) in [5.74, 6) is 0.805. The minimum absolute atomic E-state index is 0.0155. The molecule has 1 amide bonds. The van der Waals surface area contributed by atoms with E-state index >= 15 is 0 Å². The molecule has 132 valence electrons. The number of carbonyl (C=O) groups excluding carboxylic acids is 1. The fraction of sp³-hybridized carbons (Fsp3) is 0.368. The molecule has 2 N–H and O–H groups in total. The number of nitrogens with one attached hydrogen (secondary N) is 2. The first-order valence-electron chi connectivity index (χ1n) is 8.51. The molecule has 0 spiro atoms. The molecule has 25 heavy (non-hydrogen) atoms.